The molecule has 5 nitrogen and oxygen atoms in total. The van der Waals surface area contributed by atoms with E-state index in [0.717, 1.165) is 23.9 Å². The Hall–Kier alpha value is -2.30. The number of nitrogens with zero attached hydrogens (tertiary/aromatic N) is 1. The number of primary amides is 1. The number of nitrogens with two attached hydrogens (primary N) is 1. The number of hydrogen-bond acceptors (Lipinski definition) is 3. The third-order valence-corrected chi connectivity index (χ3v) is 3.75. The summed E-state index contributed by atoms with van der Waals surface area (Å²) in [7, 11) is 0. The maximum absolute atomic E-state index is 11.5. The Labute approximate surface area is 117 Å². The maximum atomic E-state index is 11.5. The second-order valence-electron chi connectivity index (χ2n) is 5.33. The zero-order chi connectivity index (χ0) is 14.8. The quantitative estimate of drug-likeness (QED) is 0.815. The highest BCUT2D eigenvalue weighted by atomic mass is 16.4. The van der Waals surface area contributed by atoms with Gasteiger partial charge in [-0.3, -0.25) is 4.79 Å². The van der Waals surface area contributed by atoms with E-state index in [-0.39, 0.29) is 5.91 Å². The van der Waals surface area contributed by atoms with Crippen molar-refractivity contribution >= 4 is 23.6 Å². The Morgan fingerprint density at radius 3 is 2.70 bits per heavy atom. The van der Waals surface area contributed by atoms with E-state index in [1.807, 2.05) is 31.2 Å². The van der Waals surface area contributed by atoms with Gasteiger partial charge in [-0.1, -0.05) is 18.2 Å². The van der Waals surface area contributed by atoms with Crippen LogP contribution >= 0.6 is 0 Å². The van der Waals surface area contributed by atoms with Gasteiger partial charge < -0.3 is 15.7 Å². The molecule has 0 saturated carbocycles. The average Bonchev–Trinajstić information content (AvgIpc) is 2.81. The number of para-hydroxylation sites is 1. The molecule has 0 bridgehead atoms. The van der Waals surface area contributed by atoms with Gasteiger partial charge in [0.2, 0.25) is 5.91 Å². The minimum absolute atomic E-state index is 0.293. The first kappa shape index (κ1) is 14.1. The van der Waals surface area contributed by atoms with Crippen molar-refractivity contribution in [3.63, 3.8) is 0 Å². The third kappa shape index (κ3) is 2.82. The second-order valence-corrected chi connectivity index (χ2v) is 5.33. The molecule has 0 spiro atoms. The Morgan fingerprint density at radius 2 is 2.10 bits per heavy atom. The van der Waals surface area contributed by atoms with E-state index in [1.54, 1.807) is 6.08 Å². The third-order valence-electron chi connectivity index (χ3n) is 3.75. The van der Waals surface area contributed by atoms with E-state index in [1.165, 1.54) is 0 Å². The van der Waals surface area contributed by atoms with Gasteiger partial charge in [0.1, 0.15) is 0 Å². The van der Waals surface area contributed by atoms with Crippen LogP contribution in [0.25, 0.3) is 6.08 Å². The van der Waals surface area contributed by atoms with Gasteiger partial charge in [-0.15, -0.1) is 0 Å². The van der Waals surface area contributed by atoms with Crippen LogP contribution in [0.5, 0.6) is 0 Å². The van der Waals surface area contributed by atoms with E-state index in [2.05, 4.69) is 4.90 Å². The molecule has 1 fully saturated rings. The molecule has 20 heavy (non-hydrogen) atoms. The summed E-state index contributed by atoms with van der Waals surface area (Å²) in [4.78, 5) is 24.2. The molecule has 1 heterocycles. The van der Waals surface area contributed by atoms with Crippen LogP contribution in [-0.4, -0.2) is 30.1 Å². The van der Waals surface area contributed by atoms with E-state index in [4.69, 9.17) is 10.8 Å². The van der Waals surface area contributed by atoms with Crippen molar-refractivity contribution in [3.05, 3.63) is 35.9 Å². The maximum Gasteiger partial charge on any atom is 0.328 e. The summed E-state index contributed by atoms with van der Waals surface area (Å²) in [6.07, 6.45) is 3.39. The lowest BCUT2D eigenvalue weighted by atomic mass is 9.89. The fourth-order valence-corrected chi connectivity index (χ4v) is 2.45. The molecule has 5 heteroatoms. The van der Waals surface area contributed by atoms with Gasteiger partial charge in [0.25, 0.3) is 0 Å². The van der Waals surface area contributed by atoms with Crippen LogP contribution in [0.4, 0.5) is 5.69 Å². The summed E-state index contributed by atoms with van der Waals surface area (Å²) < 4.78 is 0. The number of amides is 1. The van der Waals surface area contributed by atoms with Crippen LogP contribution in [-0.2, 0) is 9.59 Å². The Morgan fingerprint density at radius 1 is 1.40 bits per heavy atom. The molecule has 3 N–H and O–H groups in total. The molecule has 0 aliphatic carbocycles. The number of carboxylic acids is 1. The molecule has 1 unspecified atom stereocenters. The Balaban J connectivity index is 2.26. The average molecular weight is 274 g/mol. The van der Waals surface area contributed by atoms with Crippen LogP contribution in [0.2, 0.25) is 0 Å². The molecule has 1 aromatic carbocycles. The molecule has 1 aliphatic rings. The van der Waals surface area contributed by atoms with Gasteiger partial charge in [0.05, 0.1) is 5.41 Å². The number of rotatable bonds is 4. The molecular weight excluding hydrogens is 256 g/mol. The van der Waals surface area contributed by atoms with Crippen molar-refractivity contribution < 1.29 is 14.7 Å². The van der Waals surface area contributed by atoms with E-state index in [9.17, 15) is 9.59 Å². The first-order valence-corrected chi connectivity index (χ1v) is 6.47. The highest BCUT2D eigenvalue weighted by molar-refractivity contribution is 5.87. The van der Waals surface area contributed by atoms with E-state index < -0.39 is 11.4 Å². The van der Waals surface area contributed by atoms with Crippen LogP contribution < -0.4 is 10.6 Å². The van der Waals surface area contributed by atoms with Gasteiger partial charge in [0, 0.05) is 24.9 Å². The Kier molecular flexibility index (Phi) is 3.79. The van der Waals surface area contributed by atoms with E-state index >= 15 is 0 Å². The number of aliphatic carboxylic acids is 1. The number of carbonyl (C=O) groups is 2. The van der Waals surface area contributed by atoms with E-state index in [0.29, 0.717) is 13.0 Å². The van der Waals surface area contributed by atoms with Crippen molar-refractivity contribution in [3.8, 4) is 0 Å². The zero-order valence-corrected chi connectivity index (χ0v) is 11.4. The molecule has 2 rings (SSSR count). The molecule has 1 saturated heterocycles. The number of anilines is 1. The fourth-order valence-electron chi connectivity index (χ4n) is 2.45. The minimum Gasteiger partial charge on any atom is -0.478 e. The van der Waals surface area contributed by atoms with Crippen LogP contribution in [0.15, 0.2) is 30.3 Å². The van der Waals surface area contributed by atoms with Crippen molar-refractivity contribution in [2.45, 2.75) is 13.3 Å². The van der Waals surface area contributed by atoms with Crippen molar-refractivity contribution in [1.82, 2.24) is 0 Å². The van der Waals surface area contributed by atoms with Gasteiger partial charge in [-0.2, -0.15) is 0 Å². The molecule has 1 atom stereocenters. The number of hydrogen-bond donors (Lipinski definition) is 2. The summed E-state index contributed by atoms with van der Waals surface area (Å²) in [6, 6.07) is 7.53. The first-order chi connectivity index (χ1) is 9.42. The number of benzene rings is 1. The molecular formula is C15H18N2O3. The molecule has 1 amide bonds. The summed E-state index contributed by atoms with van der Waals surface area (Å²) >= 11 is 0. The lowest BCUT2D eigenvalue weighted by molar-refractivity contribution is -0.131. The van der Waals surface area contributed by atoms with Gasteiger partial charge >= 0.3 is 5.97 Å². The normalized spacial score (nSPS) is 22.4. The standard InChI is InChI=1S/C15H18N2O3/c1-15(14(16)20)8-9-17(10-15)12-5-3-2-4-11(12)6-7-13(18)19/h2-7H,8-10H2,1H3,(H2,16,20)(H,18,19)/b7-6+. The minimum atomic E-state index is -0.983. The Bertz CT molecular complexity index is 568. The highest BCUT2D eigenvalue weighted by Gasteiger charge is 2.39. The summed E-state index contributed by atoms with van der Waals surface area (Å²) in [6.45, 7) is 3.16. The summed E-state index contributed by atoms with van der Waals surface area (Å²) in [5.41, 5.74) is 6.68. The molecule has 1 aliphatic heterocycles. The van der Waals surface area contributed by atoms with Crippen LogP contribution in [0, 0.1) is 5.41 Å². The first-order valence-electron chi connectivity index (χ1n) is 6.47. The summed E-state index contributed by atoms with van der Waals surface area (Å²) in [5.74, 6) is -1.28. The SMILES string of the molecule is CC1(C(N)=O)CCN(c2ccccc2/C=C/C(=O)O)C1. The smallest absolute Gasteiger partial charge is 0.328 e. The predicted octanol–water partition coefficient (Wildman–Crippen LogP) is 1.49. The van der Waals surface area contributed by atoms with Crippen LogP contribution in [0.3, 0.4) is 0 Å². The monoisotopic (exact) mass is 274 g/mol. The number of carbonyl (C=O) groups excluding carboxylic acids is 1. The highest BCUT2D eigenvalue weighted by Crippen LogP contribution is 2.34. The largest absolute Gasteiger partial charge is 0.478 e. The lowest BCUT2D eigenvalue weighted by Gasteiger charge is -2.24. The fraction of sp³-hybridized carbons (Fsp3) is 0.333. The number of carboxylic acid groups (broad SMARTS) is 1. The summed E-state index contributed by atoms with van der Waals surface area (Å²) in [5, 5.41) is 8.73. The second kappa shape index (κ2) is 5.36. The van der Waals surface area contributed by atoms with Crippen LogP contribution in [0.1, 0.15) is 18.9 Å². The van der Waals surface area contributed by atoms with Gasteiger partial charge in [0.15, 0.2) is 0 Å². The molecule has 0 radical (unpaired) electrons. The van der Waals surface area contributed by atoms with Gasteiger partial charge in [-0.05, 0) is 31.1 Å². The molecule has 106 valence electrons. The van der Waals surface area contributed by atoms with Crippen molar-refractivity contribution in [2.75, 3.05) is 18.0 Å². The predicted molar refractivity (Wildman–Crippen MR) is 77.2 cm³/mol. The van der Waals surface area contributed by atoms with Crippen molar-refractivity contribution in [1.29, 1.82) is 0 Å². The van der Waals surface area contributed by atoms with Crippen molar-refractivity contribution in [2.24, 2.45) is 11.1 Å². The topological polar surface area (TPSA) is 83.6 Å². The lowest BCUT2D eigenvalue weighted by Crippen LogP contribution is -2.37. The van der Waals surface area contributed by atoms with Gasteiger partial charge in [-0.25, -0.2) is 4.79 Å². The zero-order valence-electron chi connectivity index (χ0n) is 11.4. The molecule has 0 aromatic heterocycles. The molecule has 1 aromatic rings.